The lowest BCUT2D eigenvalue weighted by Crippen LogP contribution is -2.51. The number of alkyl carbamates (subject to hydrolysis) is 1. The molecule has 0 fully saturated rings. The molecule has 41 heavy (non-hydrogen) atoms. The maximum Gasteiger partial charge on any atom is 0.407 e. The number of carboxylic acids is 1. The number of carbonyl (C=O) groups is 3. The molecule has 4 aromatic carbocycles. The quantitative estimate of drug-likeness (QED) is 0.257. The third-order valence-electron chi connectivity index (χ3n) is 7.16. The van der Waals surface area contributed by atoms with Gasteiger partial charge < -0.3 is 25.2 Å². The van der Waals surface area contributed by atoms with Gasteiger partial charge in [0, 0.05) is 18.9 Å². The van der Waals surface area contributed by atoms with E-state index >= 15 is 0 Å². The third kappa shape index (κ3) is 6.55. The standard InChI is InChI=1S/C33H30N2O6/c36-24-16-14-22(15-17-24)18-30(32(39)35(20-31(37)38)19-23-8-2-1-3-9-23)34-33(40)41-21-29-27-12-6-4-10-25(27)26-11-5-7-13-28(26)29/h1-17,29-30,36H,18-21H2,(H,34,40)(H,37,38)/t30-/m1/s1. The Bertz CT molecular complexity index is 1490. The molecule has 0 saturated heterocycles. The first kappa shape index (κ1) is 27.5. The average molecular weight is 551 g/mol. The molecule has 2 amide bonds. The number of nitrogens with one attached hydrogen (secondary N) is 1. The first-order valence-electron chi connectivity index (χ1n) is 13.3. The van der Waals surface area contributed by atoms with Gasteiger partial charge in [-0.25, -0.2) is 4.79 Å². The van der Waals surface area contributed by atoms with Gasteiger partial charge in [-0.1, -0.05) is 91.0 Å². The van der Waals surface area contributed by atoms with E-state index in [4.69, 9.17) is 4.74 Å². The highest BCUT2D eigenvalue weighted by atomic mass is 16.5. The van der Waals surface area contributed by atoms with Crippen molar-refractivity contribution in [2.24, 2.45) is 0 Å². The molecule has 0 aliphatic heterocycles. The average Bonchev–Trinajstić information content (AvgIpc) is 3.30. The summed E-state index contributed by atoms with van der Waals surface area (Å²) in [5.74, 6) is -1.81. The predicted octanol–water partition coefficient (Wildman–Crippen LogP) is 4.96. The third-order valence-corrected chi connectivity index (χ3v) is 7.16. The highest BCUT2D eigenvalue weighted by Gasteiger charge is 2.31. The molecule has 8 heteroatoms. The lowest BCUT2D eigenvalue weighted by atomic mass is 9.98. The number of nitrogens with zero attached hydrogens (tertiary/aromatic N) is 1. The first-order chi connectivity index (χ1) is 19.9. The van der Waals surface area contributed by atoms with Crippen LogP contribution in [0, 0.1) is 0 Å². The Morgan fingerprint density at radius 1 is 0.780 bits per heavy atom. The molecule has 8 nitrogen and oxygen atoms in total. The Balaban J connectivity index is 1.34. The summed E-state index contributed by atoms with van der Waals surface area (Å²) in [6.07, 6.45) is -0.701. The minimum absolute atomic E-state index is 0.0599. The fraction of sp³-hybridized carbons (Fsp3) is 0.182. The molecule has 0 bridgehead atoms. The predicted molar refractivity (Wildman–Crippen MR) is 153 cm³/mol. The van der Waals surface area contributed by atoms with Crippen molar-refractivity contribution >= 4 is 18.0 Å². The van der Waals surface area contributed by atoms with E-state index in [9.17, 15) is 24.6 Å². The maximum atomic E-state index is 13.7. The molecule has 0 saturated carbocycles. The molecule has 0 heterocycles. The zero-order valence-corrected chi connectivity index (χ0v) is 22.3. The highest BCUT2D eigenvalue weighted by molar-refractivity contribution is 5.88. The first-order valence-corrected chi connectivity index (χ1v) is 13.3. The largest absolute Gasteiger partial charge is 0.508 e. The minimum atomic E-state index is -1.17. The van der Waals surface area contributed by atoms with Gasteiger partial charge in [0.15, 0.2) is 0 Å². The summed E-state index contributed by atoms with van der Waals surface area (Å²) in [4.78, 5) is 39.7. The summed E-state index contributed by atoms with van der Waals surface area (Å²) >= 11 is 0. The Labute approximate surface area is 237 Å². The summed E-state index contributed by atoms with van der Waals surface area (Å²) in [7, 11) is 0. The van der Waals surface area contributed by atoms with E-state index < -0.39 is 30.6 Å². The second kappa shape index (κ2) is 12.4. The van der Waals surface area contributed by atoms with Gasteiger partial charge in [0.2, 0.25) is 5.91 Å². The van der Waals surface area contributed by atoms with Crippen LogP contribution in [-0.4, -0.2) is 52.3 Å². The SMILES string of the molecule is O=C(O)CN(Cc1ccccc1)C(=O)[C@@H](Cc1ccc(O)cc1)NC(=O)OCC1c2ccccc2-c2ccccc21. The number of ether oxygens (including phenoxy) is 1. The van der Waals surface area contributed by atoms with Crippen molar-refractivity contribution in [2.45, 2.75) is 24.9 Å². The second-order valence-corrected chi connectivity index (χ2v) is 9.97. The summed E-state index contributed by atoms with van der Waals surface area (Å²) in [5.41, 5.74) is 5.76. The number of amides is 2. The smallest absolute Gasteiger partial charge is 0.407 e. The van der Waals surface area contributed by atoms with Crippen LogP contribution in [0.15, 0.2) is 103 Å². The molecule has 0 spiro atoms. The van der Waals surface area contributed by atoms with Gasteiger partial charge in [-0.3, -0.25) is 9.59 Å². The van der Waals surface area contributed by atoms with E-state index in [2.05, 4.69) is 5.32 Å². The molecule has 5 rings (SSSR count). The number of phenols is 1. The van der Waals surface area contributed by atoms with Gasteiger partial charge in [0.25, 0.3) is 0 Å². The number of carboxylic acid groups (broad SMARTS) is 1. The van der Waals surface area contributed by atoms with Crippen LogP contribution in [0.3, 0.4) is 0 Å². The van der Waals surface area contributed by atoms with Crippen LogP contribution in [0.4, 0.5) is 4.79 Å². The summed E-state index contributed by atoms with van der Waals surface area (Å²) in [6, 6.07) is 30.2. The fourth-order valence-electron chi connectivity index (χ4n) is 5.25. The molecule has 0 unspecified atom stereocenters. The molecule has 3 N–H and O–H groups in total. The topological polar surface area (TPSA) is 116 Å². The molecule has 208 valence electrons. The van der Waals surface area contributed by atoms with Crippen LogP contribution in [0.5, 0.6) is 5.75 Å². The fourth-order valence-corrected chi connectivity index (χ4v) is 5.25. The number of aromatic hydroxyl groups is 1. The monoisotopic (exact) mass is 550 g/mol. The van der Waals surface area contributed by atoms with Crippen LogP contribution in [-0.2, 0) is 27.3 Å². The van der Waals surface area contributed by atoms with Gasteiger partial charge in [-0.05, 0) is 45.5 Å². The molecule has 1 aliphatic rings. The van der Waals surface area contributed by atoms with Crippen molar-refractivity contribution < 1.29 is 29.3 Å². The van der Waals surface area contributed by atoms with E-state index in [1.54, 1.807) is 24.3 Å². The molecule has 1 aliphatic carbocycles. The van der Waals surface area contributed by atoms with Crippen molar-refractivity contribution in [1.82, 2.24) is 10.2 Å². The zero-order chi connectivity index (χ0) is 28.8. The van der Waals surface area contributed by atoms with Gasteiger partial charge >= 0.3 is 12.1 Å². The second-order valence-electron chi connectivity index (χ2n) is 9.97. The number of benzene rings is 4. The van der Waals surface area contributed by atoms with E-state index in [-0.39, 0.29) is 31.2 Å². The number of fused-ring (bicyclic) bond motifs is 3. The molecule has 4 aromatic rings. The zero-order valence-electron chi connectivity index (χ0n) is 22.3. The molecular formula is C33H30N2O6. The van der Waals surface area contributed by atoms with E-state index in [0.29, 0.717) is 5.56 Å². The number of aliphatic carboxylic acids is 1. The van der Waals surface area contributed by atoms with Crippen LogP contribution < -0.4 is 5.32 Å². The van der Waals surface area contributed by atoms with E-state index in [1.165, 1.54) is 17.0 Å². The van der Waals surface area contributed by atoms with Crippen molar-refractivity contribution in [1.29, 1.82) is 0 Å². The normalized spacial score (nSPS) is 12.6. The molecular weight excluding hydrogens is 520 g/mol. The number of rotatable bonds is 10. The molecule has 0 aromatic heterocycles. The van der Waals surface area contributed by atoms with Crippen LogP contribution >= 0.6 is 0 Å². The van der Waals surface area contributed by atoms with Crippen molar-refractivity contribution in [3.05, 3.63) is 125 Å². The number of phenolic OH excluding ortho intramolecular Hbond substituents is 1. The van der Waals surface area contributed by atoms with Crippen LogP contribution in [0.25, 0.3) is 11.1 Å². The van der Waals surface area contributed by atoms with Gasteiger partial charge in [-0.15, -0.1) is 0 Å². The van der Waals surface area contributed by atoms with Gasteiger partial charge in [-0.2, -0.15) is 0 Å². The Morgan fingerprint density at radius 2 is 1.37 bits per heavy atom. The lowest BCUT2D eigenvalue weighted by molar-refractivity contribution is -0.145. The van der Waals surface area contributed by atoms with Crippen LogP contribution in [0.2, 0.25) is 0 Å². The van der Waals surface area contributed by atoms with Gasteiger partial charge in [0.05, 0.1) is 0 Å². The Hall–Kier alpha value is -5.11. The number of hydrogen-bond donors (Lipinski definition) is 3. The van der Waals surface area contributed by atoms with Crippen molar-refractivity contribution in [2.75, 3.05) is 13.2 Å². The summed E-state index contributed by atoms with van der Waals surface area (Å²) < 4.78 is 5.68. The van der Waals surface area contributed by atoms with Crippen molar-refractivity contribution in [3.63, 3.8) is 0 Å². The van der Waals surface area contributed by atoms with Crippen LogP contribution in [0.1, 0.15) is 28.2 Å². The van der Waals surface area contributed by atoms with E-state index in [1.807, 2.05) is 66.7 Å². The Morgan fingerprint density at radius 3 is 1.98 bits per heavy atom. The van der Waals surface area contributed by atoms with Crippen molar-refractivity contribution in [3.8, 4) is 16.9 Å². The lowest BCUT2D eigenvalue weighted by Gasteiger charge is -2.27. The Kier molecular flexibility index (Phi) is 8.29. The summed E-state index contributed by atoms with van der Waals surface area (Å²) in [5, 5.41) is 21.9. The number of hydrogen-bond acceptors (Lipinski definition) is 5. The maximum absolute atomic E-state index is 13.7. The highest BCUT2D eigenvalue weighted by Crippen LogP contribution is 2.44. The van der Waals surface area contributed by atoms with Gasteiger partial charge in [0.1, 0.15) is 24.9 Å². The number of carbonyl (C=O) groups excluding carboxylic acids is 2. The summed E-state index contributed by atoms with van der Waals surface area (Å²) in [6.45, 7) is -0.403. The van der Waals surface area contributed by atoms with E-state index in [0.717, 1.165) is 27.8 Å². The molecule has 1 atom stereocenters. The molecule has 0 radical (unpaired) electrons. The minimum Gasteiger partial charge on any atom is -0.508 e.